The normalized spacial score (nSPS) is 11.2. The fourth-order valence-electron chi connectivity index (χ4n) is 2.67. The molecule has 0 unspecified atom stereocenters. The molecule has 1 amide bonds. The van der Waals surface area contributed by atoms with Crippen molar-refractivity contribution in [2.45, 2.75) is 0 Å². The minimum atomic E-state index is -3.88. The Balaban J connectivity index is 1.98. The smallest absolute Gasteiger partial charge is 0.267 e. The Hall–Kier alpha value is -2.59. The molecule has 1 N–H and O–H groups in total. The van der Waals surface area contributed by atoms with E-state index < -0.39 is 27.3 Å². The summed E-state index contributed by atoms with van der Waals surface area (Å²) in [5.74, 6) is -1.84. The van der Waals surface area contributed by atoms with Crippen molar-refractivity contribution in [2.24, 2.45) is 0 Å². The summed E-state index contributed by atoms with van der Waals surface area (Å²) in [6, 6.07) is 8.35. The monoisotopic (exact) mass is 518 g/mol. The number of pyridine rings is 1. The highest BCUT2D eigenvalue weighted by molar-refractivity contribution is 7.89. The topological polar surface area (TPSA) is 94.6 Å². The zero-order valence-electron chi connectivity index (χ0n) is 16.5. The van der Waals surface area contributed by atoms with E-state index in [4.69, 9.17) is 44.3 Å². The summed E-state index contributed by atoms with van der Waals surface area (Å²) in [5, 5.41) is 0.581. The highest BCUT2D eigenvalue weighted by Gasteiger charge is 2.21. The first-order valence-corrected chi connectivity index (χ1v) is 11.7. The predicted octanol–water partition coefficient (Wildman–Crippen LogP) is 5.34. The Kier molecular flexibility index (Phi) is 7.14. The van der Waals surface area contributed by atoms with Crippen LogP contribution in [0.3, 0.4) is 0 Å². The number of benzene rings is 2. The van der Waals surface area contributed by atoms with Crippen molar-refractivity contribution in [3.8, 4) is 28.5 Å². The van der Waals surface area contributed by atoms with Gasteiger partial charge in [0.15, 0.2) is 5.75 Å². The molecule has 7 nitrogen and oxygen atoms in total. The van der Waals surface area contributed by atoms with E-state index in [1.807, 2.05) is 0 Å². The summed E-state index contributed by atoms with van der Waals surface area (Å²) in [6.07, 6.45) is 2.13. The summed E-state index contributed by atoms with van der Waals surface area (Å²) in [7, 11) is -2.57. The summed E-state index contributed by atoms with van der Waals surface area (Å²) >= 11 is 18.5. The van der Waals surface area contributed by atoms with Crippen LogP contribution in [0.4, 0.5) is 4.39 Å². The molecule has 0 atom stereocenters. The number of hydrogen-bond donors (Lipinski definition) is 1. The summed E-state index contributed by atoms with van der Waals surface area (Å²) in [6.45, 7) is 0. The minimum absolute atomic E-state index is 0.00834. The van der Waals surface area contributed by atoms with Crippen molar-refractivity contribution >= 4 is 50.7 Å². The van der Waals surface area contributed by atoms with Gasteiger partial charge in [-0.2, -0.15) is 0 Å². The first-order chi connectivity index (χ1) is 15.0. The molecule has 12 heteroatoms. The number of sulfonamides is 1. The molecule has 1 heterocycles. The lowest BCUT2D eigenvalue weighted by molar-refractivity contribution is 0.0977. The molecule has 0 saturated heterocycles. The van der Waals surface area contributed by atoms with Gasteiger partial charge in [-0.25, -0.2) is 22.5 Å². The molecule has 1 aromatic heterocycles. The number of nitrogens with one attached hydrogen (secondary N) is 1. The number of halogens is 4. The van der Waals surface area contributed by atoms with Crippen LogP contribution >= 0.6 is 34.8 Å². The van der Waals surface area contributed by atoms with Gasteiger partial charge in [-0.1, -0.05) is 40.9 Å². The Morgan fingerprint density at radius 3 is 2.31 bits per heavy atom. The molecule has 3 aromatic rings. The third kappa shape index (κ3) is 5.42. The lowest BCUT2D eigenvalue weighted by atomic mass is 10.0. The lowest BCUT2D eigenvalue weighted by Crippen LogP contribution is -2.30. The van der Waals surface area contributed by atoms with Gasteiger partial charge in [0.1, 0.15) is 16.6 Å². The summed E-state index contributed by atoms with van der Waals surface area (Å²) < 4.78 is 49.7. The molecule has 3 rings (SSSR count). The van der Waals surface area contributed by atoms with Gasteiger partial charge in [-0.15, -0.1) is 0 Å². The highest BCUT2D eigenvalue weighted by Crippen LogP contribution is 2.40. The van der Waals surface area contributed by atoms with E-state index in [0.29, 0.717) is 5.56 Å². The molecular formula is C20H14Cl3FN2O5S. The quantitative estimate of drug-likeness (QED) is 0.472. The number of aromatic nitrogens is 1. The number of carbonyl (C=O) groups excluding carboxylic acids is 1. The average Bonchev–Trinajstić information content (AvgIpc) is 2.70. The molecule has 0 radical (unpaired) electrons. The molecule has 0 bridgehead atoms. The van der Waals surface area contributed by atoms with Crippen LogP contribution < -0.4 is 14.2 Å². The van der Waals surface area contributed by atoms with Gasteiger partial charge in [-0.05, 0) is 30.3 Å². The number of carbonyl (C=O) groups is 1. The highest BCUT2D eigenvalue weighted by atomic mass is 35.5. The fraction of sp³-hybridized carbons (Fsp3) is 0.100. The number of ether oxygens (including phenoxy) is 2. The van der Waals surface area contributed by atoms with Crippen molar-refractivity contribution in [2.75, 3.05) is 13.4 Å². The first-order valence-electron chi connectivity index (χ1n) is 8.67. The Morgan fingerprint density at radius 1 is 1.09 bits per heavy atom. The molecule has 0 spiro atoms. The standard InChI is InChI=1S/C20H14Cl3FN2O5S/c1-30-17-8-12(19(27)26-32(2,28)29)16(24)7-11(17)10-6-15(23)20(25-9-10)31-18-13(21)4-3-5-14(18)22/h3-9H,1-2H3,(H,26,27). The van der Waals surface area contributed by atoms with E-state index in [1.165, 1.54) is 19.4 Å². The summed E-state index contributed by atoms with van der Waals surface area (Å²) in [5.41, 5.74) is 0.0551. The number of nitrogens with zero attached hydrogens (tertiary/aromatic N) is 1. The largest absolute Gasteiger partial charge is 0.496 e. The molecule has 0 aliphatic carbocycles. The van der Waals surface area contributed by atoms with Crippen LogP contribution in [-0.4, -0.2) is 32.7 Å². The molecule has 0 fully saturated rings. The first kappa shape index (κ1) is 24.1. The molecule has 32 heavy (non-hydrogen) atoms. The number of methoxy groups -OCH3 is 1. The van der Waals surface area contributed by atoms with Crippen LogP contribution in [0, 0.1) is 5.82 Å². The fourth-order valence-corrected chi connectivity index (χ4v) is 3.80. The lowest BCUT2D eigenvalue weighted by Gasteiger charge is -2.14. The maximum Gasteiger partial charge on any atom is 0.267 e. The minimum Gasteiger partial charge on any atom is -0.496 e. The second-order valence-electron chi connectivity index (χ2n) is 6.40. The molecule has 0 saturated carbocycles. The van der Waals surface area contributed by atoms with Crippen molar-refractivity contribution in [1.82, 2.24) is 9.71 Å². The summed E-state index contributed by atoms with van der Waals surface area (Å²) in [4.78, 5) is 16.2. The second-order valence-corrected chi connectivity index (χ2v) is 9.37. The van der Waals surface area contributed by atoms with E-state index in [0.717, 1.165) is 18.4 Å². The zero-order chi connectivity index (χ0) is 23.6. The maximum absolute atomic E-state index is 14.6. The molecule has 0 aliphatic rings. The van der Waals surface area contributed by atoms with Gasteiger partial charge < -0.3 is 9.47 Å². The van der Waals surface area contributed by atoms with E-state index in [1.54, 1.807) is 22.9 Å². The van der Waals surface area contributed by atoms with Crippen LogP contribution in [-0.2, 0) is 10.0 Å². The molecule has 168 valence electrons. The third-order valence-corrected chi connectivity index (χ3v) is 5.47. The van der Waals surface area contributed by atoms with Crippen molar-refractivity contribution in [3.05, 3.63) is 69.0 Å². The molecular weight excluding hydrogens is 506 g/mol. The number of para-hydroxylation sites is 1. The number of rotatable bonds is 6. The van der Waals surface area contributed by atoms with Crippen LogP contribution in [0.1, 0.15) is 10.4 Å². The average molecular weight is 520 g/mol. The van der Waals surface area contributed by atoms with Gasteiger partial charge in [0.25, 0.3) is 5.91 Å². The van der Waals surface area contributed by atoms with E-state index in [2.05, 4.69) is 4.98 Å². The van der Waals surface area contributed by atoms with Gasteiger partial charge in [-0.3, -0.25) is 4.79 Å². The van der Waals surface area contributed by atoms with Crippen LogP contribution in [0.2, 0.25) is 15.1 Å². The van der Waals surface area contributed by atoms with Gasteiger partial charge in [0.05, 0.1) is 29.0 Å². The van der Waals surface area contributed by atoms with E-state index in [-0.39, 0.29) is 38.0 Å². The Bertz CT molecular complexity index is 1300. The van der Waals surface area contributed by atoms with E-state index >= 15 is 0 Å². The van der Waals surface area contributed by atoms with Crippen molar-refractivity contribution in [1.29, 1.82) is 0 Å². The van der Waals surface area contributed by atoms with Gasteiger partial charge in [0, 0.05) is 17.3 Å². The Labute approximate surface area is 198 Å². The third-order valence-electron chi connectivity index (χ3n) is 4.05. The van der Waals surface area contributed by atoms with Crippen LogP contribution in [0.15, 0.2) is 42.6 Å². The van der Waals surface area contributed by atoms with E-state index in [9.17, 15) is 17.6 Å². The maximum atomic E-state index is 14.6. The van der Waals surface area contributed by atoms with Crippen molar-refractivity contribution < 1.29 is 27.1 Å². The second kappa shape index (κ2) is 9.50. The van der Waals surface area contributed by atoms with Crippen LogP contribution in [0.5, 0.6) is 17.4 Å². The molecule has 2 aromatic carbocycles. The van der Waals surface area contributed by atoms with Crippen LogP contribution in [0.25, 0.3) is 11.1 Å². The Morgan fingerprint density at radius 2 is 1.75 bits per heavy atom. The number of hydrogen-bond acceptors (Lipinski definition) is 6. The zero-order valence-corrected chi connectivity index (χ0v) is 19.5. The predicted molar refractivity (Wildman–Crippen MR) is 120 cm³/mol. The van der Waals surface area contributed by atoms with Gasteiger partial charge >= 0.3 is 0 Å². The SMILES string of the molecule is COc1cc(C(=O)NS(C)(=O)=O)c(F)cc1-c1cnc(Oc2c(Cl)cccc2Cl)c(Cl)c1. The molecule has 0 aliphatic heterocycles. The van der Waals surface area contributed by atoms with Crippen molar-refractivity contribution in [3.63, 3.8) is 0 Å². The van der Waals surface area contributed by atoms with Gasteiger partial charge in [0.2, 0.25) is 15.9 Å². The number of amides is 1.